The first-order chi connectivity index (χ1) is 19.3. The van der Waals surface area contributed by atoms with E-state index in [1.54, 1.807) is 12.1 Å². The number of thioether (sulfide) groups is 1. The molecule has 1 fully saturated rings. The molecule has 0 radical (unpaired) electrons. The molecule has 2 aliphatic rings. The fourth-order valence-corrected chi connectivity index (χ4v) is 6.15. The number of fused-ring (bicyclic) bond motifs is 1. The molecule has 0 unspecified atom stereocenters. The van der Waals surface area contributed by atoms with Gasteiger partial charge < -0.3 is 25.1 Å². The second kappa shape index (κ2) is 12.4. The van der Waals surface area contributed by atoms with Crippen molar-refractivity contribution in [2.45, 2.75) is 87.9 Å². The number of aromatic amines is 1. The lowest BCUT2D eigenvalue weighted by Gasteiger charge is -2.31. The van der Waals surface area contributed by atoms with Gasteiger partial charge in [0.2, 0.25) is 5.91 Å². The third kappa shape index (κ3) is 6.50. The predicted octanol–water partition coefficient (Wildman–Crippen LogP) is 3.99. The minimum atomic E-state index is -0.748. The van der Waals surface area contributed by atoms with E-state index in [1.165, 1.54) is 11.8 Å². The van der Waals surface area contributed by atoms with E-state index in [0.29, 0.717) is 23.1 Å². The van der Waals surface area contributed by atoms with Crippen LogP contribution in [0.1, 0.15) is 73.3 Å². The fraction of sp³-hybridized carbons (Fsp3) is 0.467. The lowest BCUT2D eigenvalue weighted by atomic mass is 9.92. The first-order valence-electron chi connectivity index (χ1n) is 14.0. The minimum Gasteiger partial charge on any atom is -0.451 e. The molecule has 0 spiro atoms. The second-order valence-corrected chi connectivity index (χ2v) is 11.9. The summed E-state index contributed by atoms with van der Waals surface area (Å²) in [6.45, 7) is 3.74. The number of carbonyl (C=O) groups excluding carboxylic acids is 2. The predicted molar refractivity (Wildman–Crippen MR) is 153 cm³/mol. The number of nitrogens with one attached hydrogen (secondary N) is 3. The van der Waals surface area contributed by atoms with Crippen molar-refractivity contribution in [2.75, 3.05) is 0 Å². The largest absolute Gasteiger partial charge is 0.451 e. The Labute approximate surface area is 237 Å². The molecule has 1 aromatic carbocycles. The summed E-state index contributed by atoms with van der Waals surface area (Å²) in [5.74, 6) is 0.420. The third-order valence-electron chi connectivity index (χ3n) is 7.66. The molecule has 212 valence electrons. The maximum absolute atomic E-state index is 13.0. The first-order valence-corrected chi connectivity index (χ1v) is 15.0. The highest BCUT2D eigenvalue weighted by molar-refractivity contribution is 7.98. The van der Waals surface area contributed by atoms with E-state index >= 15 is 0 Å². The highest BCUT2D eigenvalue weighted by Gasteiger charge is 2.31. The summed E-state index contributed by atoms with van der Waals surface area (Å²) in [6, 6.07) is 10.1. The van der Waals surface area contributed by atoms with Crippen molar-refractivity contribution in [1.82, 2.24) is 20.6 Å². The summed E-state index contributed by atoms with van der Waals surface area (Å²) < 4.78 is 5.85. The molecule has 2 heterocycles. The van der Waals surface area contributed by atoms with E-state index in [9.17, 15) is 19.5 Å². The lowest BCUT2D eigenvalue weighted by Crippen LogP contribution is -2.55. The number of carbonyl (C=O) groups is 2. The van der Waals surface area contributed by atoms with Gasteiger partial charge in [0.05, 0.1) is 17.8 Å². The molecular weight excluding hydrogens is 528 g/mol. The number of amides is 2. The molecular formula is C30H36N4O5S. The Hall–Kier alpha value is -3.37. The monoisotopic (exact) mass is 564 g/mol. The quantitative estimate of drug-likeness (QED) is 0.228. The van der Waals surface area contributed by atoms with Crippen molar-refractivity contribution in [3.63, 3.8) is 0 Å². The standard InChI is InChI=1S/C30H36N4O5S/c1-17(2)26(29(38)31-22-7-3-4-9-23(22)35)33-28(37)25-15-14-24(39-25)19-12-10-18(11-13-19)16-40-30-32-21-8-5-6-20(21)27(36)34-30/h10-15,17,22-23,26,35H,3-9,16H2,1-2H3,(H,31,38)(H,33,37)(H,32,34,36)/t22-,23-,26-/m1/s1. The van der Waals surface area contributed by atoms with Crippen molar-refractivity contribution in [1.29, 1.82) is 0 Å². The fourth-order valence-electron chi connectivity index (χ4n) is 5.32. The number of furan rings is 1. The molecule has 2 amide bonds. The molecule has 0 aliphatic heterocycles. The Balaban J connectivity index is 1.18. The van der Waals surface area contributed by atoms with Crippen molar-refractivity contribution < 1.29 is 19.1 Å². The first kappa shape index (κ1) is 28.2. The van der Waals surface area contributed by atoms with Gasteiger partial charge in [-0.05, 0) is 55.7 Å². The number of hydrogen-bond donors (Lipinski definition) is 4. The van der Waals surface area contributed by atoms with Gasteiger partial charge in [0, 0.05) is 16.9 Å². The number of benzene rings is 1. The summed E-state index contributed by atoms with van der Waals surface area (Å²) in [5.41, 5.74) is 3.60. The zero-order valence-electron chi connectivity index (χ0n) is 22.9. The Bertz CT molecular complexity index is 1410. The van der Waals surface area contributed by atoms with Crippen LogP contribution in [0.2, 0.25) is 0 Å². The zero-order valence-corrected chi connectivity index (χ0v) is 23.7. The molecule has 9 nitrogen and oxygen atoms in total. The molecule has 5 rings (SSSR count). The van der Waals surface area contributed by atoms with E-state index in [4.69, 9.17) is 4.42 Å². The van der Waals surface area contributed by atoms with Gasteiger partial charge >= 0.3 is 0 Å². The van der Waals surface area contributed by atoms with Crippen molar-refractivity contribution in [2.24, 2.45) is 5.92 Å². The molecule has 0 saturated heterocycles. The number of aryl methyl sites for hydroxylation is 1. The topological polar surface area (TPSA) is 137 Å². The van der Waals surface area contributed by atoms with Crippen LogP contribution in [-0.4, -0.2) is 45.1 Å². The molecule has 2 aromatic heterocycles. The summed E-state index contributed by atoms with van der Waals surface area (Å²) in [7, 11) is 0. The molecule has 2 aliphatic carbocycles. The maximum Gasteiger partial charge on any atom is 0.287 e. The highest BCUT2D eigenvalue weighted by atomic mass is 32.2. The van der Waals surface area contributed by atoms with E-state index in [1.807, 2.05) is 38.1 Å². The van der Waals surface area contributed by atoms with Crippen molar-refractivity contribution in [3.05, 3.63) is 69.3 Å². The normalized spacial score (nSPS) is 19.3. The Morgan fingerprint density at radius 1 is 1.10 bits per heavy atom. The van der Waals surface area contributed by atoms with Gasteiger partial charge in [-0.2, -0.15) is 0 Å². The summed E-state index contributed by atoms with van der Waals surface area (Å²) >= 11 is 1.49. The van der Waals surface area contributed by atoms with Crippen LogP contribution in [0, 0.1) is 5.92 Å². The van der Waals surface area contributed by atoms with E-state index < -0.39 is 18.1 Å². The zero-order chi connectivity index (χ0) is 28.2. The summed E-state index contributed by atoms with van der Waals surface area (Å²) in [5, 5.41) is 16.6. The summed E-state index contributed by atoms with van der Waals surface area (Å²) in [6.07, 6.45) is 5.41. The SMILES string of the molecule is CC(C)[C@@H](NC(=O)c1ccc(-c2ccc(CSc3nc4c(c(=O)[nH]3)CCC4)cc2)o1)C(=O)N[C@@H]1CCCC[C@H]1O. The van der Waals surface area contributed by atoms with Crippen LogP contribution in [0.5, 0.6) is 0 Å². The molecule has 40 heavy (non-hydrogen) atoms. The number of H-pyrrole nitrogens is 1. The number of aliphatic hydroxyl groups is 1. The van der Waals surface area contributed by atoms with Crippen molar-refractivity contribution >= 4 is 23.6 Å². The van der Waals surface area contributed by atoms with Gasteiger partial charge in [-0.25, -0.2) is 4.98 Å². The van der Waals surface area contributed by atoms with Gasteiger partial charge in [0.25, 0.3) is 11.5 Å². The number of rotatable bonds is 9. The number of nitrogens with zero attached hydrogens (tertiary/aromatic N) is 1. The minimum absolute atomic E-state index is 0.0265. The smallest absolute Gasteiger partial charge is 0.287 e. The number of aromatic nitrogens is 2. The van der Waals surface area contributed by atoms with Crippen LogP contribution < -0.4 is 16.2 Å². The Morgan fingerprint density at radius 3 is 2.62 bits per heavy atom. The van der Waals surface area contributed by atoms with Gasteiger partial charge in [-0.15, -0.1) is 0 Å². The summed E-state index contributed by atoms with van der Waals surface area (Å²) in [4.78, 5) is 45.6. The molecule has 1 saturated carbocycles. The molecule has 3 aromatic rings. The van der Waals surface area contributed by atoms with Gasteiger partial charge in [0.15, 0.2) is 10.9 Å². The van der Waals surface area contributed by atoms with Crippen LogP contribution in [0.25, 0.3) is 11.3 Å². The number of hydrogen-bond acceptors (Lipinski definition) is 7. The van der Waals surface area contributed by atoms with Crippen LogP contribution in [-0.2, 0) is 23.4 Å². The van der Waals surface area contributed by atoms with Crippen LogP contribution in [0.3, 0.4) is 0 Å². The lowest BCUT2D eigenvalue weighted by molar-refractivity contribution is -0.125. The second-order valence-electron chi connectivity index (χ2n) is 11.0. The van der Waals surface area contributed by atoms with Crippen LogP contribution >= 0.6 is 11.8 Å². The molecule has 4 N–H and O–H groups in total. The average Bonchev–Trinajstić information content (AvgIpc) is 3.62. The van der Waals surface area contributed by atoms with Crippen LogP contribution in [0.4, 0.5) is 0 Å². The van der Waals surface area contributed by atoms with E-state index in [2.05, 4.69) is 20.6 Å². The molecule has 3 atom stereocenters. The maximum atomic E-state index is 13.0. The third-order valence-corrected chi connectivity index (χ3v) is 8.60. The van der Waals surface area contributed by atoms with E-state index in [0.717, 1.165) is 60.9 Å². The van der Waals surface area contributed by atoms with E-state index in [-0.39, 0.29) is 29.2 Å². The molecule has 10 heteroatoms. The Kier molecular flexibility index (Phi) is 8.75. The molecule has 0 bridgehead atoms. The van der Waals surface area contributed by atoms with Gasteiger partial charge in [-0.3, -0.25) is 14.4 Å². The average molecular weight is 565 g/mol. The van der Waals surface area contributed by atoms with Crippen LogP contribution in [0.15, 0.2) is 50.8 Å². The van der Waals surface area contributed by atoms with Gasteiger partial charge in [0.1, 0.15) is 11.8 Å². The van der Waals surface area contributed by atoms with Crippen molar-refractivity contribution in [3.8, 4) is 11.3 Å². The van der Waals surface area contributed by atoms with Gasteiger partial charge in [-0.1, -0.05) is 62.7 Å². The Morgan fingerprint density at radius 2 is 1.88 bits per heavy atom. The number of aliphatic hydroxyl groups excluding tert-OH is 1. The highest BCUT2D eigenvalue weighted by Crippen LogP contribution is 2.26.